The lowest BCUT2D eigenvalue weighted by Gasteiger charge is -2.20. The molecule has 54 heavy (non-hydrogen) atoms. The zero-order valence-electron chi connectivity index (χ0n) is 39.5. The summed E-state index contributed by atoms with van der Waals surface area (Å²) >= 11 is 0. The van der Waals surface area contributed by atoms with Crippen LogP contribution in [0.4, 0.5) is 0 Å². The minimum atomic E-state index is 0.804. The van der Waals surface area contributed by atoms with Gasteiger partial charge in [-0.1, -0.05) is 272 Å². The lowest BCUT2D eigenvalue weighted by molar-refractivity contribution is 0.333. The zero-order chi connectivity index (χ0) is 41.8. The van der Waals surface area contributed by atoms with E-state index in [0.717, 1.165) is 24.3 Å². The van der Waals surface area contributed by atoms with Crippen LogP contribution in [0.15, 0.2) is 49.2 Å². The number of nitriles is 1. The van der Waals surface area contributed by atoms with Gasteiger partial charge in [-0.25, -0.2) is 0 Å². The fourth-order valence-corrected chi connectivity index (χ4v) is 6.44. The van der Waals surface area contributed by atoms with Crippen molar-refractivity contribution in [2.45, 2.75) is 256 Å². The largest absolute Gasteiger partial charge is 0.391 e. The third kappa shape index (κ3) is 62.2. The lowest BCUT2D eigenvalue weighted by Crippen LogP contribution is -2.22. The number of nitrogens with one attached hydrogen (secondary N) is 1. The van der Waals surface area contributed by atoms with E-state index in [2.05, 4.69) is 99.9 Å². The number of nitrogens with zero attached hydrogens (tertiary/aromatic N) is 1. The summed E-state index contributed by atoms with van der Waals surface area (Å²) in [6.45, 7) is 32.3. The van der Waals surface area contributed by atoms with Crippen LogP contribution in [-0.4, -0.2) is 6.54 Å². The first-order valence-electron chi connectivity index (χ1n) is 23.8. The van der Waals surface area contributed by atoms with E-state index in [-0.39, 0.29) is 0 Å². The molecule has 0 aromatic heterocycles. The molecule has 0 heterocycles. The number of rotatable bonds is 33. The summed E-state index contributed by atoms with van der Waals surface area (Å²) in [5.41, 5.74) is 1.44. The molecule has 322 valence electrons. The second kappa shape index (κ2) is 60.5. The molecule has 0 radical (unpaired) electrons. The molecule has 1 N–H and O–H groups in total. The standard InChI is InChI=1S/C20H42.C17H30.C10H21N.C3H8.C2H3N/c1-4-6-7-8-9-10-11-12-13-14-15-16-17-19-20(3)18-5-2;1-4-7-9-10-11-12-13-14-16-17(6-3)15-8-5-2;1-5-9(4)10(6-2)8-11-7-3;1-3-2;1-2-3/h20H,4-19H2,1-3H3;5-6,8,15H,2,4,7,9-14,16H2,1,3H3;7,9-11H,3,5-6,8H2,1-2,4H3;3H2,1-2H3;1H3/b;15-8-,17-6+;;;. The number of allylic oxidation sites excluding steroid dienone is 5. The highest BCUT2D eigenvalue weighted by Gasteiger charge is 2.11. The van der Waals surface area contributed by atoms with E-state index in [4.69, 9.17) is 5.26 Å². The molecule has 0 rings (SSSR count). The summed E-state index contributed by atoms with van der Waals surface area (Å²) in [6.07, 6.45) is 49.5. The average Bonchev–Trinajstić information content (AvgIpc) is 3.17. The van der Waals surface area contributed by atoms with E-state index in [1.54, 1.807) is 12.3 Å². The summed E-state index contributed by atoms with van der Waals surface area (Å²) in [4.78, 5) is 0. The van der Waals surface area contributed by atoms with Crippen molar-refractivity contribution in [3.8, 4) is 6.07 Å². The van der Waals surface area contributed by atoms with Crippen LogP contribution in [0.5, 0.6) is 0 Å². The predicted molar refractivity (Wildman–Crippen MR) is 253 cm³/mol. The molecule has 0 spiro atoms. The average molecular weight is 757 g/mol. The predicted octanol–water partition coefficient (Wildman–Crippen LogP) is 18.8. The summed E-state index contributed by atoms with van der Waals surface area (Å²) < 4.78 is 0. The van der Waals surface area contributed by atoms with Gasteiger partial charge in [0.05, 0.1) is 6.07 Å². The number of hydrogen-bond donors (Lipinski definition) is 1. The van der Waals surface area contributed by atoms with Gasteiger partial charge >= 0.3 is 0 Å². The molecule has 2 heteroatoms. The Labute approximate surface area is 345 Å². The second-order valence-electron chi connectivity index (χ2n) is 15.7. The first-order chi connectivity index (χ1) is 26.2. The van der Waals surface area contributed by atoms with Crippen molar-refractivity contribution in [3.05, 3.63) is 49.2 Å². The summed E-state index contributed by atoms with van der Waals surface area (Å²) in [7, 11) is 0. The highest BCUT2D eigenvalue weighted by Crippen LogP contribution is 2.18. The minimum absolute atomic E-state index is 0.804. The first-order valence-corrected chi connectivity index (χ1v) is 23.8. The van der Waals surface area contributed by atoms with Gasteiger partial charge in [0, 0.05) is 13.5 Å². The molecular weight excluding hydrogens is 653 g/mol. The Kier molecular flexibility index (Phi) is 68.9. The van der Waals surface area contributed by atoms with Crippen molar-refractivity contribution in [1.82, 2.24) is 5.32 Å². The van der Waals surface area contributed by atoms with Gasteiger partial charge < -0.3 is 5.32 Å². The van der Waals surface area contributed by atoms with Crippen LogP contribution in [0.25, 0.3) is 0 Å². The zero-order valence-corrected chi connectivity index (χ0v) is 39.5. The van der Waals surface area contributed by atoms with E-state index in [0.29, 0.717) is 0 Å². The van der Waals surface area contributed by atoms with Crippen LogP contribution in [0.3, 0.4) is 0 Å². The van der Waals surface area contributed by atoms with Gasteiger partial charge in [0.15, 0.2) is 0 Å². The smallest absolute Gasteiger partial charge is 0.0587 e. The highest BCUT2D eigenvalue weighted by molar-refractivity contribution is 5.20. The molecule has 0 aromatic rings. The maximum Gasteiger partial charge on any atom is 0.0587 e. The number of hydrogen-bond acceptors (Lipinski definition) is 2. The molecule has 0 aliphatic heterocycles. The number of unbranched alkanes of at least 4 members (excludes halogenated alkanes) is 19. The van der Waals surface area contributed by atoms with E-state index in [1.807, 2.05) is 12.2 Å². The van der Waals surface area contributed by atoms with Crippen molar-refractivity contribution in [2.75, 3.05) is 6.54 Å². The molecule has 0 aliphatic carbocycles. The van der Waals surface area contributed by atoms with Crippen LogP contribution >= 0.6 is 0 Å². The topological polar surface area (TPSA) is 35.8 Å². The Hall–Kier alpha value is -1.75. The molecular formula is C52H104N2. The maximum absolute atomic E-state index is 7.32. The quantitative estimate of drug-likeness (QED) is 0.0535. The Morgan fingerprint density at radius 3 is 1.35 bits per heavy atom. The molecule has 0 saturated heterocycles. The van der Waals surface area contributed by atoms with Crippen molar-refractivity contribution in [1.29, 1.82) is 5.26 Å². The van der Waals surface area contributed by atoms with Gasteiger partial charge in [0.1, 0.15) is 0 Å². The van der Waals surface area contributed by atoms with Crippen LogP contribution in [0, 0.1) is 29.1 Å². The third-order valence-electron chi connectivity index (χ3n) is 10.2. The fraction of sp³-hybridized carbons (Fsp3) is 0.827. The molecule has 0 saturated carbocycles. The highest BCUT2D eigenvalue weighted by atomic mass is 14.8. The van der Waals surface area contributed by atoms with Gasteiger partial charge in [-0.2, -0.15) is 5.26 Å². The van der Waals surface area contributed by atoms with Crippen LogP contribution in [0.1, 0.15) is 256 Å². The van der Waals surface area contributed by atoms with E-state index >= 15 is 0 Å². The molecule has 0 bridgehead atoms. The molecule has 0 fully saturated rings. The SMILES string of the molecule is C=C/C=C\C(=C/C)CCCCCCCCCC.C=CNCC(CC)C(C)CC.CC#N.CCC.CCCCCCCCCCCCCCCC(C)CCC. The molecule has 2 nitrogen and oxygen atoms in total. The summed E-state index contributed by atoms with van der Waals surface area (Å²) in [6, 6.07) is 1.75. The molecule has 3 atom stereocenters. The Morgan fingerprint density at radius 1 is 0.611 bits per heavy atom. The van der Waals surface area contributed by atoms with Crippen molar-refractivity contribution in [3.63, 3.8) is 0 Å². The lowest BCUT2D eigenvalue weighted by atomic mass is 9.90. The van der Waals surface area contributed by atoms with Crippen LogP contribution in [0.2, 0.25) is 0 Å². The molecule has 0 aliphatic rings. The second-order valence-corrected chi connectivity index (χ2v) is 15.7. The van der Waals surface area contributed by atoms with Crippen LogP contribution < -0.4 is 5.32 Å². The van der Waals surface area contributed by atoms with E-state index in [9.17, 15) is 0 Å². The van der Waals surface area contributed by atoms with Gasteiger partial charge in [-0.05, 0) is 43.7 Å². The Morgan fingerprint density at radius 2 is 1.02 bits per heavy atom. The van der Waals surface area contributed by atoms with E-state index < -0.39 is 0 Å². The van der Waals surface area contributed by atoms with Gasteiger partial charge in [0.2, 0.25) is 0 Å². The van der Waals surface area contributed by atoms with Gasteiger partial charge in [-0.3, -0.25) is 0 Å². The third-order valence-corrected chi connectivity index (χ3v) is 10.2. The van der Waals surface area contributed by atoms with Crippen molar-refractivity contribution < 1.29 is 0 Å². The summed E-state index contributed by atoms with van der Waals surface area (Å²) in [5.74, 6) is 2.60. The maximum atomic E-state index is 7.32. The fourth-order valence-electron chi connectivity index (χ4n) is 6.44. The van der Waals surface area contributed by atoms with E-state index in [1.165, 1.54) is 192 Å². The normalized spacial score (nSPS) is 12.2. The first kappa shape index (κ1) is 61.5. The Balaban J connectivity index is -0.000000213. The molecule has 3 unspecified atom stereocenters. The van der Waals surface area contributed by atoms with Crippen molar-refractivity contribution in [2.24, 2.45) is 17.8 Å². The molecule has 0 aromatic carbocycles. The van der Waals surface area contributed by atoms with Gasteiger partial charge in [0.25, 0.3) is 0 Å². The molecule has 0 amide bonds. The van der Waals surface area contributed by atoms with Crippen molar-refractivity contribution >= 4 is 0 Å². The van der Waals surface area contributed by atoms with Crippen LogP contribution in [-0.2, 0) is 0 Å². The monoisotopic (exact) mass is 757 g/mol. The Bertz CT molecular complexity index is 757. The van der Waals surface area contributed by atoms with Gasteiger partial charge in [-0.15, -0.1) is 0 Å². The summed E-state index contributed by atoms with van der Waals surface area (Å²) in [5, 5.41) is 10.5. The minimum Gasteiger partial charge on any atom is -0.391 e.